The van der Waals surface area contributed by atoms with Gasteiger partial charge in [-0.25, -0.2) is 9.18 Å². The number of nitrogens with zero attached hydrogens (tertiary/aromatic N) is 3. The summed E-state index contributed by atoms with van der Waals surface area (Å²) < 4.78 is 21.0. The van der Waals surface area contributed by atoms with Crippen molar-refractivity contribution in [3.63, 3.8) is 0 Å². The lowest BCUT2D eigenvalue weighted by Gasteiger charge is -2.27. The SMILES string of the molecule is Cn1nccc1-c1cccc(NC(=O)[C@H]2C[C@H](F)CN2C(=O)OC(C)(C)C)c1. The molecule has 2 atom stereocenters. The Morgan fingerprint density at radius 1 is 1.29 bits per heavy atom. The zero-order valence-electron chi connectivity index (χ0n) is 16.5. The molecule has 2 amide bonds. The first kappa shape index (κ1) is 19.9. The number of carbonyl (C=O) groups excluding carboxylic acids is 2. The maximum atomic E-state index is 14.0. The number of amides is 2. The van der Waals surface area contributed by atoms with E-state index in [0.29, 0.717) is 5.69 Å². The second kappa shape index (κ2) is 7.61. The Morgan fingerprint density at radius 2 is 2.04 bits per heavy atom. The Bertz CT molecular complexity index is 874. The topological polar surface area (TPSA) is 76.5 Å². The maximum absolute atomic E-state index is 14.0. The number of alkyl halides is 1. The van der Waals surface area contributed by atoms with Crippen LogP contribution in [0.1, 0.15) is 27.2 Å². The van der Waals surface area contributed by atoms with Crippen molar-refractivity contribution in [1.82, 2.24) is 14.7 Å². The fraction of sp³-hybridized carbons (Fsp3) is 0.450. The van der Waals surface area contributed by atoms with Crippen LogP contribution in [0.2, 0.25) is 0 Å². The zero-order chi connectivity index (χ0) is 20.5. The van der Waals surface area contributed by atoms with Crippen molar-refractivity contribution in [2.75, 3.05) is 11.9 Å². The molecule has 0 radical (unpaired) electrons. The molecule has 0 bridgehead atoms. The molecule has 1 aromatic carbocycles. The number of aryl methyl sites for hydroxylation is 1. The van der Waals surface area contributed by atoms with E-state index in [9.17, 15) is 14.0 Å². The molecule has 1 aliphatic heterocycles. The number of ether oxygens (including phenoxy) is 1. The number of anilines is 1. The number of hydrogen-bond acceptors (Lipinski definition) is 4. The Labute approximate surface area is 163 Å². The molecule has 3 rings (SSSR count). The molecule has 1 N–H and O–H groups in total. The fourth-order valence-electron chi connectivity index (χ4n) is 3.19. The van der Waals surface area contributed by atoms with E-state index in [-0.39, 0.29) is 13.0 Å². The molecule has 8 heteroatoms. The van der Waals surface area contributed by atoms with Gasteiger partial charge in [-0.15, -0.1) is 0 Å². The van der Waals surface area contributed by atoms with Crippen LogP contribution >= 0.6 is 0 Å². The minimum absolute atomic E-state index is 0.0491. The molecule has 1 saturated heterocycles. The number of hydrogen-bond donors (Lipinski definition) is 1. The van der Waals surface area contributed by atoms with Crippen molar-refractivity contribution in [1.29, 1.82) is 0 Å². The van der Waals surface area contributed by atoms with Crippen LogP contribution < -0.4 is 5.32 Å². The molecule has 0 unspecified atom stereocenters. The minimum atomic E-state index is -1.26. The quantitative estimate of drug-likeness (QED) is 0.875. The number of rotatable bonds is 3. The van der Waals surface area contributed by atoms with Crippen LogP contribution in [0.5, 0.6) is 0 Å². The van der Waals surface area contributed by atoms with Gasteiger partial charge < -0.3 is 10.1 Å². The summed E-state index contributed by atoms with van der Waals surface area (Å²) in [6.07, 6.45) is -0.299. The zero-order valence-corrected chi connectivity index (χ0v) is 16.5. The van der Waals surface area contributed by atoms with E-state index in [1.807, 2.05) is 31.3 Å². The lowest BCUT2D eigenvalue weighted by Crippen LogP contribution is -2.45. The largest absolute Gasteiger partial charge is 0.444 e. The molecule has 2 aromatic rings. The van der Waals surface area contributed by atoms with Gasteiger partial charge in [0.25, 0.3) is 0 Å². The minimum Gasteiger partial charge on any atom is -0.444 e. The summed E-state index contributed by atoms with van der Waals surface area (Å²) in [5.41, 5.74) is 1.63. The molecule has 0 aliphatic carbocycles. The second-order valence-corrected chi connectivity index (χ2v) is 7.89. The van der Waals surface area contributed by atoms with E-state index >= 15 is 0 Å². The first-order chi connectivity index (χ1) is 13.1. The van der Waals surface area contributed by atoms with Crippen LogP contribution in [0.4, 0.5) is 14.9 Å². The van der Waals surface area contributed by atoms with Crippen molar-refractivity contribution in [2.45, 2.75) is 45.0 Å². The Kier molecular flexibility index (Phi) is 5.40. The van der Waals surface area contributed by atoms with E-state index in [2.05, 4.69) is 10.4 Å². The maximum Gasteiger partial charge on any atom is 0.411 e. The van der Waals surface area contributed by atoms with Crippen LogP contribution in [0.3, 0.4) is 0 Å². The number of benzene rings is 1. The summed E-state index contributed by atoms with van der Waals surface area (Å²) in [5, 5.41) is 6.93. The Balaban J connectivity index is 1.74. The van der Waals surface area contributed by atoms with Crippen LogP contribution in [0, 0.1) is 0 Å². The van der Waals surface area contributed by atoms with Gasteiger partial charge in [0.05, 0.1) is 12.2 Å². The molecular formula is C20H25FN4O3. The van der Waals surface area contributed by atoms with Crippen LogP contribution in [0.15, 0.2) is 36.5 Å². The first-order valence-corrected chi connectivity index (χ1v) is 9.17. The van der Waals surface area contributed by atoms with Gasteiger partial charge in [-0.3, -0.25) is 14.4 Å². The van der Waals surface area contributed by atoms with Gasteiger partial charge in [0.2, 0.25) is 5.91 Å². The van der Waals surface area contributed by atoms with Gasteiger partial charge in [-0.1, -0.05) is 12.1 Å². The number of likely N-dealkylation sites (tertiary alicyclic amines) is 1. The van der Waals surface area contributed by atoms with Crippen molar-refractivity contribution >= 4 is 17.7 Å². The molecule has 0 saturated carbocycles. The summed E-state index contributed by atoms with van der Waals surface area (Å²) in [4.78, 5) is 26.3. The highest BCUT2D eigenvalue weighted by Crippen LogP contribution is 2.26. The van der Waals surface area contributed by atoms with E-state index in [0.717, 1.165) is 16.2 Å². The molecule has 150 valence electrons. The Morgan fingerprint density at radius 3 is 2.68 bits per heavy atom. The third-order valence-corrected chi connectivity index (χ3v) is 4.43. The predicted molar refractivity (Wildman–Crippen MR) is 104 cm³/mol. The van der Waals surface area contributed by atoms with E-state index < -0.39 is 29.8 Å². The van der Waals surface area contributed by atoms with Crippen molar-refractivity contribution < 1.29 is 18.7 Å². The van der Waals surface area contributed by atoms with Crippen LogP contribution in [-0.2, 0) is 16.6 Å². The fourth-order valence-corrected chi connectivity index (χ4v) is 3.19. The van der Waals surface area contributed by atoms with Gasteiger partial charge in [0.1, 0.15) is 17.8 Å². The number of aromatic nitrogens is 2. The highest BCUT2D eigenvalue weighted by molar-refractivity contribution is 5.97. The smallest absolute Gasteiger partial charge is 0.411 e. The lowest BCUT2D eigenvalue weighted by atomic mass is 10.1. The third kappa shape index (κ3) is 4.49. The third-order valence-electron chi connectivity index (χ3n) is 4.43. The summed E-state index contributed by atoms with van der Waals surface area (Å²) in [6.45, 7) is 5.04. The van der Waals surface area contributed by atoms with Gasteiger partial charge in [0.15, 0.2) is 0 Å². The molecule has 2 heterocycles. The van der Waals surface area contributed by atoms with E-state index in [4.69, 9.17) is 4.74 Å². The molecule has 1 fully saturated rings. The Hall–Kier alpha value is -2.90. The van der Waals surface area contributed by atoms with Crippen molar-refractivity contribution in [3.8, 4) is 11.3 Å². The summed E-state index contributed by atoms with van der Waals surface area (Å²) >= 11 is 0. The van der Waals surface area contributed by atoms with E-state index in [1.54, 1.807) is 37.7 Å². The van der Waals surface area contributed by atoms with Crippen molar-refractivity contribution in [3.05, 3.63) is 36.5 Å². The predicted octanol–water partition coefficient (Wildman–Crippen LogP) is 3.37. The second-order valence-electron chi connectivity index (χ2n) is 7.89. The van der Waals surface area contributed by atoms with Crippen LogP contribution in [0.25, 0.3) is 11.3 Å². The average Bonchev–Trinajstić information content (AvgIpc) is 3.19. The van der Waals surface area contributed by atoms with E-state index in [1.165, 1.54) is 0 Å². The summed E-state index contributed by atoms with van der Waals surface area (Å²) in [7, 11) is 1.83. The monoisotopic (exact) mass is 388 g/mol. The summed E-state index contributed by atoms with van der Waals surface area (Å²) in [6, 6.07) is 8.25. The number of carbonyl (C=O) groups is 2. The van der Waals surface area contributed by atoms with Crippen LogP contribution in [-0.4, -0.2) is 51.0 Å². The number of nitrogens with one attached hydrogen (secondary N) is 1. The molecule has 28 heavy (non-hydrogen) atoms. The summed E-state index contributed by atoms with van der Waals surface area (Å²) in [5.74, 6) is -0.437. The number of halogens is 1. The molecule has 0 spiro atoms. The highest BCUT2D eigenvalue weighted by Gasteiger charge is 2.41. The standard InChI is InChI=1S/C20H25FN4O3/c1-20(2,3)28-19(27)25-12-14(21)11-17(25)18(26)23-15-7-5-6-13(10-15)16-8-9-22-24(16)4/h5-10,14,17H,11-12H2,1-4H3,(H,23,26)/t14-,17+/m0/s1. The molecule has 7 nitrogen and oxygen atoms in total. The first-order valence-electron chi connectivity index (χ1n) is 9.17. The molecule has 1 aliphatic rings. The van der Waals surface area contributed by atoms with Gasteiger partial charge in [-0.05, 0) is 39.0 Å². The highest BCUT2D eigenvalue weighted by atomic mass is 19.1. The van der Waals surface area contributed by atoms with Gasteiger partial charge >= 0.3 is 6.09 Å². The van der Waals surface area contributed by atoms with Gasteiger partial charge in [-0.2, -0.15) is 5.10 Å². The normalized spacial score (nSPS) is 19.5. The lowest BCUT2D eigenvalue weighted by molar-refractivity contribution is -0.120. The van der Waals surface area contributed by atoms with Gasteiger partial charge in [0, 0.05) is 30.9 Å². The van der Waals surface area contributed by atoms with Crippen molar-refractivity contribution in [2.24, 2.45) is 7.05 Å². The average molecular weight is 388 g/mol. The molecule has 1 aromatic heterocycles. The molecular weight excluding hydrogens is 363 g/mol.